The first kappa shape index (κ1) is 14.5. The summed E-state index contributed by atoms with van der Waals surface area (Å²) in [4.78, 5) is 10.5. The number of phenolic OH excluding ortho intramolecular Hbond substituents is 1. The van der Waals surface area contributed by atoms with Crippen LogP contribution in [0.4, 0.5) is 10.2 Å². The molecular formula is C14H14FN3O4. The van der Waals surface area contributed by atoms with Gasteiger partial charge in [0.2, 0.25) is 0 Å². The third-order valence-corrected chi connectivity index (χ3v) is 3.58. The van der Waals surface area contributed by atoms with Crippen LogP contribution in [0.5, 0.6) is 5.75 Å². The van der Waals surface area contributed by atoms with Crippen molar-refractivity contribution >= 4 is 5.82 Å². The Hall–Kier alpha value is -2.48. The molecule has 7 nitrogen and oxygen atoms in total. The van der Waals surface area contributed by atoms with Crippen LogP contribution in [-0.2, 0) is 4.74 Å². The standard InChI is InChI=1S/C14H14FN3O4/c15-9-4-5-12(19)10(7-9)11-8-17(16-14(11)18(20)21)13-3-1-2-6-22-13/h4-5,7-8,13,19H,1-3,6H2. The Morgan fingerprint density at radius 3 is 2.91 bits per heavy atom. The second kappa shape index (κ2) is 5.72. The van der Waals surface area contributed by atoms with Gasteiger partial charge in [-0.15, -0.1) is 0 Å². The van der Waals surface area contributed by atoms with Crippen LogP contribution < -0.4 is 0 Å². The molecule has 1 aromatic heterocycles. The zero-order chi connectivity index (χ0) is 15.7. The first-order valence-electron chi connectivity index (χ1n) is 6.90. The highest BCUT2D eigenvalue weighted by Gasteiger charge is 2.28. The van der Waals surface area contributed by atoms with Gasteiger partial charge in [0.25, 0.3) is 0 Å². The minimum Gasteiger partial charge on any atom is -0.507 e. The van der Waals surface area contributed by atoms with E-state index in [9.17, 15) is 19.6 Å². The number of aromatic nitrogens is 2. The molecule has 0 radical (unpaired) electrons. The van der Waals surface area contributed by atoms with E-state index in [4.69, 9.17) is 4.74 Å². The molecule has 0 spiro atoms. The lowest BCUT2D eigenvalue weighted by Gasteiger charge is -2.20. The lowest BCUT2D eigenvalue weighted by Crippen LogP contribution is -2.18. The minimum absolute atomic E-state index is 0.0359. The van der Waals surface area contributed by atoms with E-state index < -0.39 is 16.6 Å². The molecule has 116 valence electrons. The summed E-state index contributed by atoms with van der Waals surface area (Å²) in [5.41, 5.74) is 0.102. The Bertz CT molecular complexity index is 710. The van der Waals surface area contributed by atoms with Crippen molar-refractivity contribution in [3.8, 4) is 16.9 Å². The summed E-state index contributed by atoms with van der Waals surface area (Å²) >= 11 is 0. The molecule has 8 heteroatoms. The number of nitro groups is 1. The maximum Gasteiger partial charge on any atom is 0.398 e. The predicted octanol–water partition coefficient (Wildman–Crippen LogP) is 3.00. The van der Waals surface area contributed by atoms with E-state index in [1.807, 2.05) is 0 Å². The average Bonchev–Trinajstić information content (AvgIpc) is 2.96. The topological polar surface area (TPSA) is 90.4 Å². The van der Waals surface area contributed by atoms with Crippen LogP contribution in [-0.4, -0.2) is 26.4 Å². The van der Waals surface area contributed by atoms with Crippen LogP contribution >= 0.6 is 0 Å². The van der Waals surface area contributed by atoms with E-state index in [1.165, 1.54) is 10.9 Å². The molecule has 2 aromatic rings. The molecule has 0 bridgehead atoms. The largest absolute Gasteiger partial charge is 0.507 e. The fraction of sp³-hybridized carbons (Fsp3) is 0.357. The van der Waals surface area contributed by atoms with Crippen molar-refractivity contribution in [3.63, 3.8) is 0 Å². The van der Waals surface area contributed by atoms with Crippen LogP contribution in [0.25, 0.3) is 11.1 Å². The van der Waals surface area contributed by atoms with Gasteiger partial charge >= 0.3 is 5.82 Å². The van der Waals surface area contributed by atoms with E-state index >= 15 is 0 Å². The third-order valence-electron chi connectivity index (χ3n) is 3.58. The van der Waals surface area contributed by atoms with Crippen molar-refractivity contribution in [3.05, 3.63) is 40.3 Å². The van der Waals surface area contributed by atoms with Crippen LogP contribution in [0.3, 0.4) is 0 Å². The molecule has 2 heterocycles. The molecule has 1 aliphatic heterocycles. The molecule has 3 rings (SSSR count). The number of halogens is 1. The smallest absolute Gasteiger partial charge is 0.398 e. The van der Waals surface area contributed by atoms with Gasteiger partial charge in [-0.3, -0.25) is 0 Å². The van der Waals surface area contributed by atoms with E-state index in [2.05, 4.69) is 5.10 Å². The number of hydrogen-bond acceptors (Lipinski definition) is 5. The predicted molar refractivity (Wildman–Crippen MR) is 74.8 cm³/mol. The summed E-state index contributed by atoms with van der Waals surface area (Å²) in [6.07, 6.45) is 3.63. The Kier molecular flexibility index (Phi) is 3.76. The summed E-state index contributed by atoms with van der Waals surface area (Å²) in [7, 11) is 0. The number of aromatic hydroxyl groups is 1. The molecule has 0 amide bonds. The molecular weight excluding hydrogens is 293 g/mol. The second-order valence-electron chi connectivity index (χ2n) is 5.09. The van der Waals surface area contributed by atoms with Gasteiger partial charge in [-0.1, -0.05) is 0 Å². The Morgan fingerprint density at radius 2 is 2.23 bits per heavy atom. The van der Waals surface area contributed by atoms with E-state index in [0.717, 1.165) is 31.0 Å². The number of benzene rings is 1. The van der Waals surface area contributed by atoms with Gasteiger partial charge in [-0.05, 0) is 42.4 Å². The second-order valence-corrected chi connectivity index (χ2v) is 5.09. The van der Waals surface area contributed by atoms with Crippen LogP contribution in [0, 0.1) is 15.9 Å². The van der Waals surface area contributed by atoms with Crippen molar-refractivity contribution in [2.45, 2.75) is 25.5 Å². The van der Waals surface area contributed by atoms with Crippen molar-refractivity contribution in [1.29, 1.82) is 0 Å². The summed E-state index contributed by atoms with van der Waals surface area (Å²) in [6, 6.07) is 3.29. The highest BCUT2D eigenvalue weighted by Crippen LogP contribution is 2.37. The molecule has 1 fully saturated rings. The molecule has 1 saturated heterocycles. The zero-order valence-electron chi connectivity index (χ0n) is 11.6. The molecule has 1 aromatic carbocycles. The first-order valence-corrected chi connectivity index (χ1v) is 6.90. The van der Waals surface area contributed by atoms with Crippen LogP contribution in [0.1, 0.15) is 25.5 Å². The third kappa shape index (κ3) is 2.64. The van der Waals surface area contributed by atoms with Gasteiger partial charge in [-0.2, -0.15) is 4.68 Å². The van der Waals surface area contributed by atoms with Gasteiger partial charge in [0, 0.05) is 12.2 Å². The maximum absolute atomic E-state index is 13.4. The average molecular weight is 307 g/mol. The van der Waals surface area contributed by atoms with Gasteiger partial charge in [0.1, 0.15) is 17.1 Å². The first-order chi connectivity index (χ1) is 10.6. The van der Waals surface area contributed by atoms with Crippen molar-refractivity contribution < 1.29 is 19.2 Å². The SMILES string of the molecule is O=[N+]([O-])c1nn(C2CCCCO2)cc1-c1cc(F)ccc1O. The molecule has 1 aliphatic rings. The summed E-state index contributed by atoms with van der Waals surface area (Å²) in [5, 5.41) is 25.0. The van der Waals surface area contributed by atoms with Crippen molar-refractivity contribution in [2.75, 3.05) is 6.61 Å². The van der Waals surface area contributed by atoms with Gasteiger partial charge < -0.3 is 20.0 Å². The van der Waals surface area contributed by atoms with Gasteiger partial charge in [-0.25, -0.2) is 4.39 Å². The maximum atomic E-state index is 13.4. The number of hydrogen-bond donors (Lipinski definition) is 1. The summed E-state index contributed by atoms with van der Waals surface area (Å²) in [5.74, 6) is -1.27. The lowest BCUT2D eigenvalue weighted by atomic mass is 10.1. The monoisotopic (exact) mass is 307 g/mol. The van der Waals surface area contributed by atoms with Crippen LogP contribution in [0.2, 0.25) is 0 Å². The van der Waals surface area contributed by atoms with Gasteiger partial charge in [0.15, 0.2) is 6.23 Å². The van der Waals surface area contributed by atoms with E-state index in [-0.39, 0.29) is 23.1 Å². The number of rotatable bonds is 3. The van der Waals surface area contributed by atoms with E-state index in [1.54, 1.807) is 0 Å². The summed E-state index contributed by atoms with van der Waals surface area (Å²) in [6.45, 7) is 0.568. The molecule has 1 unspecified atom stereocenters. The van der Waals surface area contributed by atoms with Gasteiger partial charge in [0.05, 0.1) is 11.3 Å². The molecule has 0 aliphatic carbocycles. The fourth-order valence-electron chi connectivity index (χ4n) is 2.51. The fourth-order valence-corrected chi connectivity index (χ4v) is 2.51. The lowest BCUT2D eigenvalue weighted by molar-refractivity contribution is -0.389. The molecule has 1 N–H and O–H groups in total. The van der Waals surface area contributed by atoms with E-state index in [0.29, 0.717) is 13.0 Å². The van der Waals surface area contributed by atoms with Crippen molar-refractivity contribution in [2.24, 2.45) is 0 Å². The normalized spacial score (nSPS) is 18.3. The molecule has 0 saturated carbocycles. The zero-order valence-corrected chi connectivity index (χ0v) is 11.6. The Labute approximate surface area is 125 Å². The summed E-state index contributed by atoms with van der Waals surface area (Å²) < 4.78 is 20.3. The Morgan fingerprint density at radius 1 is 1.41 bits per heavy atom. The minimum atomic E-state index is -0.654. The highest BCUT2D eigenvalue weighted by molar-refractivity contribution is 5.75. The number of nitrogens with zero attached hydrogens (tertiary/aromatic N) is 3. The van der Waals surface area contributed by atoms with Crippen molar-refractivity contribution in [1.82, 2.24) is 9.78 Å². The molecule has 22 heavy (non-hydrogen) atoms. The number of ether oxygens (including phenoxy) is 1. The molecule has 1 atom stereocenters. The quantitative estimate of drug-likeness (QED) is 0.695. The highest BCUT2D eigenvalue weighted by atomic mass is 19.1. The Balaban J connectivity index is 2.07. The van der Waals surface area contributed by atoms with Crippen LogP contribution in [0.15, 0.2) is 24.4 Å². The number of phenols is 1.